The topological polar surface area (TPSA) is 147 Å². The minimum absolute atomic E-state index is 0. The number of esters is 3. The van der Waals surface area contributed by atoms with Crippen molar-refractivity contribution < 1.29 is 82.3 Å². The van der Waals surface area contributed by atoms with E-state index < -0.39 is 23.9 Å². The fourth-order valence-electron chi connectivity index (χ4n) is 5.02. The van der Waals surface area contributed by atoms with E-state index in [1.54, 1.807) is 0 Å². The summed E-state index contributed by atoms with van der Waals surface area (Å²) in [7, 11) is 0. The molecule has 1 rings (SSSR count). The molecule has 0 atom stereocenters. The van der Waals surface area contributed by atoms with Crippen LogP contribution >= 0.6 is 0 Å². The molecule has 0 fully saturated rings. The summed E-state index contributed by atoms with van der Waals surface area (Å²) in [6.07, 6.45) is 20.0. The zero-order valence-corrected chi connectivity index (χ0v) is 33.5. The van der Waals surface area contributed by atoms with E-state index >= 15 is 0 Å². The van der Waals surface area contributed by atoms with Gasteiger partial charge in [-0.05, 0) is 50.7 Å². The van der Waals surface area contributed by atoms with Crippen LogP contribution in [0.5, 0.6) is 17.2 Å². The van der Waals surface area contributed by atoms with Gasteiger partial charge in [-0.1, -0.05) is 96.8 Å². The van der Waals surface area contributed by atoms with E-state index in [2.05, 4.69) is 19.7 Å². The van der Waals surface area contributed by atoms with Gasteiger partial charge in [-0.3, -0.25) is 0 Å². The van der Waals surface area contributed by atoms with Crippen LogP contribution in [0.2, 0.25) is 0 Å². The number of carbonyl (C=O) groups is 4. The van der Waals surface area contributed by atoms with Crippen LogP contribution in [0.1, 0.15) is 126 Å². The van der Waals surface area contributed by atoms with Gasteiger partial charge in [-0.25, -0.2) is 14.4 Å². The molecule has 0 unspecified atom stereocenters. The molecule has 11 nitrogen and oxygen atoms in total. The van der Waals surface area contributed by atoms with Gasteiger partial charge in [-0.2, -0.15) is 0 Å². The molecular formula is C40H59NaO11. The van der Waals surface area contributed by atoms with Crippen molar-refractivity contribution in [2.75, 3.05) is 39.6 Å². The summed E-state index contributed by atoms with van der Waals surface area (Å²) in [6.45, 7) is 12.5. The fourth-order valence-corrected chi connectivity index (χ4v) is 5.02. The third kappa shape index (κ3) is 25.6. The molecule has 0 saturated heterocycles. The molecule has 0 radical (unpaired) electrons. The van der Waals surface area contributed by atoms with Crippen molar-refractivity contribution in [2.24, 2.45) is 0 Å². The number of hydrogen-bond donors (Lipinski definition) is 0. The Morgan fingerprint density at radius 1 is 0.462 bits per heavy atom. The van der Waals surface area contributed by atoms with E-state index in [9.17, 15) is 24.3 Å². The number of unbranched alkanes of at least 4 members (excludes halogenated alkanes) is 15. The second kappa shape index (κ2) is 33.5. The maximum absolute atomic E-state index is 11.9. The molecule has 0 N–H and O–H groups in total. The summed E-state index contributed by atoms with van der Waals surface area (Å²) in [5, 5.41) is 11.9. The standard InChI is InChI=1S/C40H60O11.Na/c1-4-36(41)48-27-21-15-9-7-13-19-25-46-34-31-33(40(44)45)32-35(47-26-20-14-8-10-16-22-28-49-37(42)5-2)39(34)51-30-24-18-12-11-17-23-29-50-38(43)6-3;/h4-6,31-32H,1-3,7-30H2,(H,44,45);/q;+1/p-1. The average molecular weight is 739 g/mol. The van der Waals surface area contributed by atoms with Gasteiger partial charge < -0.3 is 38.3 Å². The Kier molecular flexibility index (Phi) is 31.4. The van der Waals surface area contributed by atoms with Crippen LogP contribution in [-0.2, 0) is 28.6 Å². The average Bonchev–Trinajstić information content (AvgIpc) is 3.13. The minimum atomic E-state index is -1.33. The fraction of sp³-hybridized carbons (Fsp3) is 0.600. The van der Waals surface area contributed by atoms with Crippen LogP contribution in [0.15, 0.2) is 50.1 Å². The van der Waals surface area contributed by atoms with E-state index in [0.717, 1.165) is 134 Å². The molecule has 1 aromatic carbocycles. The van der Waals surface area contributed by atoms with Crippen molar-refractivity contribution >= 4 is 23.9 Å². The molecule has 286 valence electrons. The largest absolute Gasteiger partial charge is 1.00 e. The third-order valence-electron chi connectivity index (χ3n) is 7.87. The second-order valence-corrected chi connectivity index (χ2v) is 12.1. The van der Waals surface area contributed by atoms with Crippen LogP contribution < -0.4 is 48.9 Å². The predicted octanol–water partition coefficient (Wildman–Crippen LogP) is 4.40. The number of hydrogen-bond acceptors (Lipinski definition) is 11. The molecule has 0 aliphatic heterocycles. The van der Waals surface area contributed by atoms with Gasteiger partial charge in [0.25, 0.3) is 0 Å². The van der Waals surface area contributed by atoms with Crippen LogP contribution in [0.25, 0.3) is 0 Å². The number of benzene rings is 1. The van der Waals surface area contributed by atoms with E-state index in [0.29, 0.717) is 56.9 Å². The van der Waals surface area contributed by atoms with Crippen molar-refractivity contribution in [1.29, 1.82) is 0 Å². The Morgan fingerprint density at radius 3 is 1.02 bits per heavy atom. The summed E-state index contributed by atoms with van der Waals surface area (Å²) >= 11 is 0. The molecule has 1 aromatic rings. The molecule has 0 aromatic heterocycles. The van der Waals surface area contributed by atoms with Crippen LogP contribution in [-0.4, -0.2) is 63.5 Å². The van der Waals surface area contributed by atoms with E-state index in [1.807, 2.05) is 0 Å². The van der Waals surface area contributed by atoms with Gasteiger partial charge in [0.15, 0.2) is 11.5 Å². The Hall–Kier alpha value is -3.28. The van der Waals surface area contributed by atoms with Crippen molar-refractivity contribution in [1.82, 2.24) is 0 Å². The number of rotatable bonds is 34. The van der Waals surface area contributed by atoms with Crippen LogP contribution in [0.4, 0.5) is 0 Å². The zero-order chi connectivity index (χ0) is 37.4. The zero-order valence-electron chi connectivity index (χ0n) is 31.5. The summed E-state index contributed by atoms with van der Waals surface area (Å²) in [5.41, 5.74) is -0.0413. The number of carbonyl (C=O) groups excluding carboxylic acids is 4. The SMILES string of the molecule is C=CC(=O)OCCCCCCCCOc1cc(C(=O)[O-])cc(OCCCCCCCCOC(=O)C=C)c1OCCCCCCCCOC(=O)C=C.[Na+]. The van der Waals surface area contributed by atoms with E-state index in [-0.39, 0.29) is 35.1 Å². The van der Waals surface area contributed by atoms with Crippen molar-refractivity contribution in [3.05, 3.63) is 55.7 Å². The van der Waals surface area contributed by atoms with Gasteiger partial charge in [0.2, 0.25) is 5.75 Å². The summed E-state index contributed by atoms with van der Waals surface area (Å²) < 4.78 is 33.4. The summed E-state index contributed by atoms with van der Waals surface area (Å²) in [6, 6.07) is 2.88. The van der Waals surface area contributed by atoms with E-state index in [4.69, 9.17) is 28.4 Å². The van der Waals surface area contributed by atoms with Crippen molar-refractivity contribution in [3.8, 4) is 17.2 Å². The molecule has 0 aliphatic rings. The number of carboxylic acids is 1. The maximum Gasteiger partial charge on any atom is 1.00 e. The third-order valence-corrected chi connectivity index (χ3v) is 7.87. The molecular weight excluding hydrogens is 679 g/mol. The van der Waals surface area contributed by atoms with Crippen molar-refractivity contribution in [2.45, 2.75) is 116 Å². The van der Waals surface area contributed by atoms with Gasteiger partial charge in [0.1, 0.15) is 0 Å². The predicted molar refractivity (Wildman–Crippen MR) is 194 cm³/mol. The first-order valence-corrected chi connectivity index (χ1v) is 18.5. The Morgan fingerprint density at radius 2 is 0.731 bits per heavy atom. The van der Waals surface area contributed by atoms with Crippen molar-refractivity contribution in [3.63, 3.8) is 0 Å². The Balaban J connectivity index is 0.0000260. The number of aromatic carboxylic acids is 1. The van der Waals surface area contributed by atoms with Gasteiger partial charge >= 0.3 is 47.5 Å². The second-order valence-electron chi connectivity index (χ2n) is 12.1. The molecule has 0 heterocycles. The Labute approximate surface area is 332 Å². The normalized spacial score (nSPS) is 10.3. The molecule has 0 saturated carbocycles. The first kappa shape index (κ1) is 48.7. The molecule has 12 heteroatoms. The van der Waals surface area contributed by atoms with Crippen LogP contribution in [0, 0.1) is 0 Å². The quantitative estimate of drug-likeness (QED) is 0.0326. The molecule has 0 spiro atoms. The Bertz CT molecular complexity index is 1120. The van der Waals surface area contributed by atoms with Gasteiger partial charge in [0.05, 0.1) is 45.6 Å². The summed E-state index contributed by atoms with van der Waals surface area (Å²) in [4.78, 5) is 45.3. The van der Waals surface area contributed by atoms with Crippen LogP contribution in [0.3, 0.4) is 0 Å². The number of ether oxygens (including phenoxy) is 6. The molecule has 0 aliphatic carbocycles. The smallest absolute Gasteiger partial charge is 0.545 e. The van der Waals surface area contributed by atoms with Gasteiger partial charge in [0, 0.05) is 23.8 Å². The first-order valence-electron chi connectivity index (χ1n) is 18.5. The monoisotopic (exact) mass is 738 g/mol. The van der Waals surface area contributed by atoms with E-state index in [1.165, 1.54) is 12.1 Å². The molecule has 0 bridgehead atoms. The minimum Gasteiger partial charge on any atom is -0.545 e. The summed E-state index contributed by atoms with van der Waals surface area (Å²) in [5.74, 6) is -1.50. The maximum atomic E-state index is 11.9. The van der Waals surface area contributed by atoms with Gasteiger partial charge in [-0.15, -0.1) is 0 Å². The number of carboxylic acid groups (broad SMARTS) is 1. The first-order chi connectivity index (χ1) is 24.8. The molecule has 0 amide bonds. The molecule has 52 heavy (non-hydrogen) atoms.